The first kappa shape index (κ1) is 16.9. The van der Waals surface area contributed by atoms with Crippen LogP contribution < -0.4 is 4.74 Å². The zero-order valence-electron chi connectivity index (χ0n) is 15.2. The number of pyridine rings is 2. The minimum atomic E-state index is 0.600. The number of aryl methyl sites for hydroxylation is 1. The molecule has 0 radical (unpaired) electrons. The van der Waals surface area contributed by atoms with Crippen LogP contribution in [0.25, 0.3) is 22.3 Å². The average Bonchev–Trinajstić information content (AvgIpc) is 2.69. The average molecular weight is 349 g/mol. The SMILES string of the molecule is COc1cccc(-c2cc(C)c3cc(CN4CCOCC4)ccc3n2)n1. The lowest BCUT2D eigenvalue weighted by atomic mass is 10.0. The van der Waals surface area contributed by atoms with E-state index in [2.05, 4.69) is 41.1 Å². The van der Waals surface area contributed by atoms with Gasteiger partial charge in [0.25, 0.3) is 0 Å². The van der Waals surface area contributed by atoms with E-state index in [1.165, 1.54) is 16.5 Å². The van der Waals surface area contributed by atoms with Crippen LogP contribution in [0.4, 0.5) is 0 Å². The van der Waals surface area contributed by atoms with Crippen LogP contribution in [0.2, 0.25) is 0 Å². The number of morpholine rings is 1. The summed E-state index contributed by atoms with van der Waals surface area (Å²) in [7, 11) is 1.63. The second-order valence-corrected chi connectivity index (χ2v) is 6.63. The van der Waals surface area contributed by atoms with Gasteiger partial charge in [0.1, 0.15) is 0 Å². The third kappa shape index (κ3) is 3.54. The zero-order valence-corrected chi connectivity index (χ0v) is 15.2. The Morgan fingerprint density at radius 2 is 1.88 bits per heavy atom. The minimum absolute atomic E-state index is 0.600. The van der Waals surface area contributed by atoms with Gasteiger partial charge in [-0.25, -0.2) is 9.97 Å². The summed E-state index contributed by atoms with van der Waals surface area (Å²) in [5.41, 5.74) is 5.21. The number of nitrogens with zero attached hydrogens (tertiary/aromatic N) is 3. The van der Waals surface area contributed by atoms with Crippen molar-refractivity contribution in [3.63, 3.8) is 0 Å². The predicted molar refractivity (Wildman–Crippen MR) is 102 cm³/mol. The molecule has 3 heterocycles. The first-order chi connectivity index (χ1) is 12.7. The second kappa shape index (κ2) is 7.40. The number of rotatable bonds is 4. The Balaban J connectivity index is 1.66. The molecule has 2 aromatic heterocycles. The largest absolute Gasteiger partial charge is 0.481 e. The van der Waals surface area contributed by atoms with Crippen LogP contribution in [0, 0.1) is 6.92 Å². The van der Waals surface area contributed by atoms with Crippen molar-refractivity contribution in [1.29, 1.82) is 0 Å². The Kier molecular flexibility index (Phi) is 4.82. The van der Waals surface area contributed by atoms with Gasteiger partial charge in [0.2, 0.25) is 5.88 Å². The van der Waals surface area contributed by atoms with Crippen molar-refractivity contribution >= 4 is 10.9 Å². The van der Waals surface area contributed by atoms with Gasteiger partial charge in [-0.15, -0.1) is 0 Å². The first-order valence-corrected chi connectivity index (χ1v) is 8.95. The van der Waals surface area contributed by atoms with Crippen LogP contribution in [-0.4, -0.2) is 48.3 Å². The number of aromatic nitrogens is 2. The van der Waals surface area contributed by atoms with E-state index >= 15 is 0 Å². The topological polar surface area (TPSA) is 47.5 Å². The summed E-state index contributed by atoms with van der Waals surface area (Å²) in [6, 6.07) is 14.4. The van der Waals surface area contributed by atoms with Crippen molar-refractivity contribution in [3.05, 3.63) is 53.6 Å². The van der Waals surface area contributed by atoms with Gasteiger partial charge in [-0.1, -0.05) is 12.1 Å². The number of hydrogen-bond donors (Lipinski definition) is 0. The second-order valence-electron chi connectivity index (χ2n) is 6.63. The zero-order chi connectivity index (χ0) is 17.9. The molecule has 0 unspecified atom stereocenters. The van der Waals surface area contributed by atoms with Gasteiger partial charge in [-0.3, -0.25) is 4.90 Å². The fourth-order valence-corrected chi connectivity index (χ4v) is 3.36. The van der Waals surface area contributed by atoms with Gasteiger partial charge < -0.3 is 9.47 Å². The molecule has 0 saturated carbocycles. The van der Waals surface area contributed by atoms with Crippen molar-refractivity contribution in [2.45, 2.75) is 13.5 Å². The van der Waals surface area contributed by atoms with E-state index < -0.39 is 0 Å². The Hall–Kier alpha value is -2.50. The molecule has 0 bridgehead atoms. The Labute approximate surface area is 153 Å². The van der Waals surface area contributed by atoms with Gasteiger partial charge in [0.15, 0.2) is 0 Å². The summed E-state index contributed by atoms with van der Waals surface area (Å²) in [5.74, 6) is 0.600. The quantitative estimate of drug-likeness (QED) is 0.722. The smallest absolute Gasteiger partial charge is 0.213 e. The number of ether oxygens (including phenoxy) is 2. The fraction of sp³-hybridized carbons (Fsp3) is 0.333. The highest BCUT2D eigenvalue weighted by Gasteiger charge is 2.12. The van der Waals surface area contributed by atoms with E-state index in [0.717, 1.165) is 49.8 Å². The van der Waals surface area contributed by atoms with E-state index in [-0.39, 0.29) is 0 Å². The molecule has 0 aliphatic carbocycles. The lowest BCUT2D eigenvalue weighted by Gasteiger charge is -2.26. The van der Waals surface area contributed by atoms with Crippen LogP contribution in [0.3, 0.4) is 0 Å². The standard InChI is InChI=1S/C21H23N3O2/c1-15-12-20(19-4-3-5-21(23-19)25-2)22-18-7-6-16(13-17(15)18)14-24-8-10-26-11-9-24/h3-7,12-13H,8-11,14H2,1-2H3. The Morgan fingerprint density at radius 1 is 1.04 bits per heavy atom. The summed E-state index contributed by atoms with van der Waals surface area (Å²) in [6.07, 6.45) is 0. The minimum Gasteiger partial charge on any atom is -0.481 e. The highest BCUT2D eigenvalue weighted by molar-refractivity contribution is 5.85. The van der Waals surface area contributed by atoms with Crippen molar-refractivity contribution in [3.8, 4) is 17.3 Å². The maximum absolute atomic E-state index is 5.43. The van der Waals surface area contributed by atoms with E-state index in [0.29, 0.717) is 5.88 Å². The number of fused-ring (bicyclic) bond motifs is 1. The molecule has 1 aliphatic heterocycles. The van der Waals surface area contributed by atoms with Crippen molar-refractivity contribution in [1.82, 2.24) is 14.9 Å². The van der Waals surface area contributed by atoms with Crippen LogP contribution in [-0.2, 0) is 11.3 Å². The lowest BCUT2D eigenvalue weighted by molar-refractivity contribution is 0.0342. The van der Waals surface area contributed by atoms with Crippen LogP contribution in [0.1, 0.15) is 11.1 Å². The Bertz CT molecular complexity index is 920. The van der Waals surface area contributed by atoms with E-state index in [9.17, 15) is 0 Å². The normalized spacial score (nSPS) is 15.3. The molecule has 26 heavy (non-hydrogen) atoms. The van der Waals surface area contributed by atoms with Crippen molar-refractivity contribution in [2.75, 3.05) is 33.4 Å². The van der Waals surface area contributed by atoms with Gasteiger partial charge in [0.05, 0.1) is 37.2 Å². The molecule has 0 amide bonds. The van der Waals surface area contributed by atoms with Crippen LogP contribution >= 0.6 is 0 Å². The summed E-state index contributed by atoms with van der Waals surface area (Å²) in [5, 5.41) is 1.20. The molecule has 1 fully saturated rings. The maximum atomic E-state index is 5.43. The van der Waals surface area contributed by atoms with Gasteiger partial charge in [0, 0.05) is 31.1 Å². The van der Waals surface area contributed by atoms with Crippen molar-refractivity contribution in [2.24, 2.45) is 0 Å². The molecule has 1 saturated heterocycles. The van der Waals surface area contributed by atoms with Crippen LogP contribution in [0.5, 0.6) is 5.88 Å². The molecule has 0 spiro atoms. The molecule has 0 atom stereocenters. The predicted octanol–water partition coefficient (Wildman–Crippen LogP) is 3.45. The number of benzene rings is 1. The van der Waals surface area contributed by atoms with Gasteiger partial charge >= 0.3 is 0 Å². The highest BCUT2D eigenvalue weighted by Crippen LogP contribution is 2.25. The molecular formula is C21H23N3O2. The third-order valence-corrected chi connectivity index (χ3v) is 4.78. The summed E-state index contributed by atoms with van der Waals surface area (Å²) >= 11 is 0. The fourth-order valence-electron chi connectivity index (χ4n) is 3.36. The molecule has 4 rings (SSSR count). The monoisotopic (exact) mass is 349 g/mol. The van der Waals surface area contributed by atoms with E-state index in [4.69, 9.17) is 14.5 Å². The van der Waals surface area contributed by atoms with E-state index in [1.807, 2.05) is 18.2 Å². The van der Waals surface area contributed by atoms with Gasteiger partial charge in [-0.2, -0.15) is 0 Å². The first-order valence-electron chi connectivity index (χ1n) is 8.95. The molecule has 1 aliphatic rings. The Morgan fingerprint density at radius 3 is 2.69 bits per heavy atom. The van der Waals surface area contributed by atoms with Gasteiger partial charge in [-0.05, 0) is 42.3 Å². The molecule has 5 nitrogen and oxygen atoms in total. The maximum Gasteiger partial charge on any atom is 0.213 e. The molecule has 5 heteroatoms. The number of methoxy groups -OCH3 is 1. The molecule has 3 aromatic rings. The van der Waals surface area contributed by atoms with Crippen molar-refractivity contribution < 1.29 is 9.47 Å². The molecule has 134 valence electrons. The summed E-state index contributed by atoms with van der Waals surface area (Å²) < 4.78 is 10.7. The highest BCUT2D eigenvalue weighted by atomic mass is 16.5. The van der Waals surface area contributed by atoms with E-state index in [1.54, 1.807) is 7.11 Å². The van der Waals surface area contributed by atoms with Crippen LogP contribution in [0.15, 0.2) is 42.5 Å². The third-order valence-electron chi connectivity index (χ3n) is 4.78. The molecular weight excluding hydrogens is 326 g/mol. The molecule has 1 aromatic carbocycles. The summed E-state index contributed by atoms with van der Waals surface area (Å²) in [4.78, 5) is 11.8. The number of hydrogen-bond acceptors (Lipinski definition) is 5. The lowest BCUT2D eigenvalue weighted by Crippen LogP contribution is -2.35. The molecule has 0 N–H and O–H groups in total. The summed E-state index contributed by atoms with van der Waals surface area (Å²) in [6.45, 7) is 6.73.